The first-order valence-electron chi connectivity index (χ1n) is 7.95. The molecule has 0 aliphatic rings. The average molecular weight is 382 g/mol. The molecule has 0 aliphatic carbocycles. The number of hydrogen-bond acceptors (Lipinski definition) is 4. The average Bonchev–Trinajstić information content (AvgIpc) is 3.05. The number of rotatable bonds is 3. The van der Waals surface area contributed by atoms with Gasteiger partial charge in [0.25, 0.3) is 0 Å². The zero-order valence-electron chi connectivity index (χ0n) is 13.8. The Kier molecular flexibility index (Phi) is 4.08. The fourth-order valence-corrected chi connectivity index (χ4v) is 3.94. The number of anilines is 1. The van der Waals surface area contributed by atoms with Crippen LogP contribution in [-0.4, -0.2) is 5.78 Å². The van der Waals surface area contributed by atoms with E-state index in [9.17, 15) is 18.8 Å². The fraction of sp³-hybridized carbons (Fsp3) is 0. The minimum absolute atomic E-state index is 0.0158. The van der Waals surface area contributed by atoms with Crippen molar-refractivity contribution in [1.29, 1.82) is 0 Å². The topological polar surface area (TPSA) is 70.0 Å². The number of nitrogens with two attached hydrogens (primary N) is 1. The molecule has 2 aromatic heterocycles. The molecule has 7 heteroatoms. The van der Waals surface area contributed by atoms with E-state index in [-0.39, 0.29) is 22.5 Å². The van der Waals surface area contributed by atoms with E-state index in [1.165, 1.54) is 17.4 Å². The third kappa shape index (κ3) is 2.82. The number of halogens is 2. The van der Waals surface area contributed by atoms with Crippen LogP contribution in [0.25, 0.3) is 21.3 Å². The number of carbonyl (C=O) groups excluding carboxylic acids is 1. The van der Waals surface area contributed by atoms with Gasteiger partial charge in [0.2, 0.25) is 5.69 Å². The molecule has 4 aromatic rings. The molecule has 2 aromatic carbocycles. The number of hydrogen-bond donors (Lipinski definition) is 1. The first kappa shape index (κ1) is 17.1. The van der Waals surface area contributed by atoms with Crippen molar-refractivity contribution < 1.29 is 18.3 Å². The predicted octanol–water partition coefficient (Wildman–Crippen LogP) is 4.29. The van der Waals surface area contributed by atoms with Crippen LogP contribution >= 0.6 is 11.3 Å². The van der Waals surface area contributed by atoms with Crippen LogP contribution in [0.4, 0.5) is 14.5 Å². The van der Waals surface area contributed by atoms with Gasteiger partial charge in [0.05, 0.1) is 16.7 Å². The van der Waals surface area contributed by atoms with E-state index in [4.69, 9.17) is 5.73 Å². The molecule has 0 spiro atoms. The summed E-state index contributed by atoms with van der Waals surface area (Å²) in [4.78, 5) is 12.7. The van der Waals surface area contributed by atoms with Crippen molar-refractivity contribution in [2.24, 2.45) is 0 Å². The Balaban J connectivity index is 1.90. The smallest absolute Gasteiger partial charge is 0.249 e. The summed E-state index contributed by atoms with van der Waals surface area (Å²) in [5.74, 6) is -2.49. The molecule has 0 radical (unpaired) electrons. The second-order valence-corrected chi connectivity index (χ2v) is 6.83. The number of ketones is 1. The number of aromatic nitrogens is 1. The van der Waals surface area contributed by atoms with Crippen molar-refractivity contribution >= 4 is 32.9 Å². The van der Waals surface area contributed by atoms with Crippen LogP contribution < -0.4 is 10.5 Å². The van der Waals surface area contributed by atoms with E-state index >= 15 is 0 Å². The van der Waals surface area contributed by atoms with Crippen LogP contribution in [0.5, 0.6) is 0 Å². The lowest BCUT2D eigenvalue weighted by Crippen LogP contribution is -2.31. The van der Waals surface area contributed by atoms with Gasteiger partial charge < -0.3 is 10.9 Å². The predicted molar refractivity (Wildman–Crippen MR) is 100 cm³/mol. The standard InChI is InChI=1S/C20H12F2N2O2S/c21-11-5-6-13(16(22)9-11)20(25)14-7-8-24(26)19(18(14)23)15-10-27-17-4-2-1-3-12(15)17/h1-10H,23H2. The molecule has 2 N–H and O–H groups in total. The van der Waals surface area contributed by atoms with E-state index in [0.717, 1.165) is 28.4 Å². The highest BCUT2D eigenvalue weighted by atomic mass is 32.1. The molecule has 134 valence electrons. The minimum atomic E-state index is -0.985. The summed E-state index contributed by atoms with van der Waals surface area (Å²) in [5, 5.41) is 15.0. The number of fused-ring (bicyclic) bond motifs is 1. The third-order valence-corrected chi connectivity index (χ3v) is 5.26. The Bertz CT molecular complexity index is 1200. The molecule has 0 aliphatic heterocycles. The third-order valence-electron chi connectivity index (χ3n) is 4.30. The number of carbonyl (C=O) groups is 1. The summed E-state index contributed by atoms with van der Waals surface area (Å²) in [7, 11) is 0. The Morgan fingerprint density at radius 3 is 2.63 bits per heavy atom. The summed E-state index contributed by atoms with van der Waals surface area (Å²) in [6.45, 7) is 0. The number of thiophene rings is 1. The Morgan fingerprint density at radius 2 is 1.85 bits per heavy atom. The van der Waals surface area contributed by atoms with Crippen molar-refractivity contribution in [3.63, 3.8) is 0 Å². The summed E-state index contributed by atoms with van der Waals surface area (Å²) in [6, 6.07) is 11.4. The van der Waals surface area contributed by atoms with Gasteiger partial charge in [-0.15, -0.1) is 11.3 Å². The second kappa shape index (κ2) is 6.44. The second-order valence-electron chi connectivity index (χ2n) is 5.92. The number of benzene rings is 2. The summed E-state index contributed by atoms with van der Waals surface area (Å²) in [6.07, 6.45) is 1.16. The van der Waals surface area contributed by atoms with Gasteiger partial charge in [-0.25, -0.2) is 8.78 Å². The first-order valence-corrected chi connectivity index (χ1v) is 8.83. The molecule has 4 rings (SSSR count). The van der Waals surface area contributed by atoms with Gasteiger partial charge in [-0.1, -0.05) is 18.2 Å². The van der Waals surface area contributed by atoms with Gasteiger partial charge in [0.15, 0.2) is 12.0 Å². The highest BCUT2D eigenvalue weighted by Gasteiger charge is 2.25. The number of pyridine rings is 1. The van der Waals surface area contributed by atoms with Gasteiger partial charge in [-0.2, -0.15) is 4.73 Å². The van der Waals surface area contributed by atoms with E-state index in [1.807, 2.05) is 24.3 Å². The quantitative estimate of drug-likeness (QED) is 0.326. The van der Waals surface area contributed by atoms with Crippen molar-refractivity contribution in [2.45, 2.75) is 0 Å². The minimum Gasteiger partial charge on any atom is -0.618 e. The molecule has 0 saturated heterocycles. The molecule has 0 fully saturated rings. The SMILES string of the molecule is Nc1c(C(=O)c2ccc(F)cc2F)cc[n+]([O-])c1-c1csc2ccccc12. The molecule has 0 atom stereocenters. The normalized spacial score (nSPS) is 11.0. The number of nitrogens with zero attached hydrogens (tertiary/aromatic N) is 1. The zero-order chi connectivity index (χ0) is 19.1. The molecule has 0 amide bonds. The maximum atomic E-state index is 14.0. The monoisotopic (exact) mass is 382 g/mol. The highest BCUT2D eigenvalue weighted by Crippen LogP contribution is 2.36. The van der Waals surface area contributed by atoms with Crippen LogP contribution in [0, 0.1) is 16.8 Å². The van der Waals surface area contributed by atoms with Crippen molar-refractivity contribution in [2.75, 3.05) is 5.73 Å². The van der Waals surface area contributed by atoms with Crippen LogP contribution in [-0.2, 0) is 0 Å². The largest absolute Gasteiger partial charge is 0.618 e. The summed E-state index contributed by atoms with van der Waals surface area (Å²) in [5.41, 5.74) is 6.49. The van der Waals surface area contributed by atoms with Crippen molar-refractivity contribution in [1.82, 2.24) is 0 Å². The molecule has 27 heavy (non-hydrogen) atoms. The van der Waals surface area contributed by atoms with E-state index in [2.05, 4.69) is 0 Å². The summed E-state index contributed by atoms with van der Waals surface area (Å²) >= 11 is 1.45. The van der Waals surface area contributed by atoms with Crippen molar-refractivity contribution in [3.05, 3.63) is 88.1 Å². The molecular formula is C20H12F2N2O2S. The number of nitrogen functional groups attached to an aromatic ring is 1. The highest BCUT2D eigenvalue weighted by molar-refractivity contribution is 7.17. The van der Waals surface area contributed by atoms with Crippen LogP contribution in [0.15, 0.2) is 60.1 Å². The Morgan fingerprint density at radius 1 is 1.07 bits per heavy atom. The van der Waals surface area contributed by atoms with E-state index < -0.39 is 17.4 Å². The molecule has 4 nitrogen and oxygen atoms in total. The first-order chi connectivity index (χ1) is 13.0. The van der Waals surface area contributed by atoms with Crippen LogP contribution in [0.3, 0.4) is 0 Å². The Hall–Kier alpha value is -3.32. The van der Waals surface area contributed by atoms with Crippen LogP contribution in [0.1, 0.15) is 15.9 Å². The lowest BCUT2D eigenvalue weighted by Gasteiger charge is -2.11. The lowest BCUT2D eigenvalue weighted by atomic mass is 9.99. The van der Waals surface area contributed by atoms with E-state index in [0.29, 0.717) is 16.4 Å². The van der Waals surface area contributed by atoms with Gasteiger partial charge in [0, 0.05) is 27.6 Å². The Labute approximate surface area is 156 Å². The van der Waals surface area contributed by atoms with Crippen molar-refractivity contribution in [3.8, 4) is 11.3 Å². The molecule has 2 heterocycles. The summed E-state index contributed by atoms with van der Waals surface area (Å²) < 4.78 is 28.7. The molecule has 0 unspecified atom stereocenters. The van der Waals surface area contributed by atoms with Crippen LogP contribution in [0.2, 0.25) is 0 Å². The maximum Gasteiger partial charge on any atom is 0.249 e. The van der Waals surface area contributed by atoms with Gasteiger partial charge >= 0.3 is 0 Å². The van der Waals surface area contributed by atoms with Gasteiger partial charge in [0.1, 0.15) is 17.3 Å². The molecular weight excluding hydrogens is 370 g/mol. The van der Waals surface area contributed by atoms with E-state index in [1.54, 1.807) is 5.38 Å². The zero-order valence-corrected chi connectivity index (χ0v) is 14.6. The van der Waals surface area contributed by atoms with Gasteiger partial charge in [-0.3, -0.25) is 4.79 Å². The lowest BCUT2D eigenvalue weighted by molar-refractivity contribution is -0.592. The maximum absolute atomic E-state index is 14.0. The molecule has 0 saturated carbocycles. The van der Waals surface area contributed by atoms with Gasteiger partial charge in [-0.05, 0) is 18.2 Å². The molecule has 0 bridgehead atoms. The fourth-order valence-electron chi connectivity index (χ4n) is 2.99.